The van der Waals surface area contributed by atoms with Crippen molar-refractivity contribution in [2.75, 3.05) is 20.2 Å². The predicted molar refractivity (Wildman–Crippen MR) is 130 cm³/mol. The van der Waals surface area contributed by atoms with Crippen LogP contribution in [-0.2, 0) is 29.0 Å². The van der Waals surface area contributed by atoms with E-state index in [-0.39, 0.29) is 30.8 Å². The van der Waals surface area contributed by atoms with Gasteiger partial charge in [-0.15, -0.1) is 0 Å². The van der Waals surface area contributed by atoms with Gasteiger partial charge in [0.2, 0.25) is 11.8 Å². The molecule has 178 valence electrons. The summed E-state index contributed by atoms with van der Waals surface area (Å²) in [6.07, 6.45) is 2.91. The summed E-state index contributed by atoms with van der Waals surface area (Å²) in [5.41, 5.74) is 2.08. The zero-order valence-corrected chi connectivity index (χ0v) is 19.9. The molecule has 6 nitrogen and oxygen atoms in total. The van der Waals surface area contributed by atoms with Crippen LogP contribution < -0.4 is 4.74 Å². The van der Waals surface area contributed by atoms with Gasteiger partial charge < -0.3 is 19.0 Å². The fourth-order valence-electron chi connectivity index (χ4n) is 4.03. The van der Waals surface area contributed by atoms with E-state index in [9.17, 15) is 9.59 Å². The highest BCUT2D eigenvalue weighted by molar-refractivity contribution is 5.86. The molecule has 1 saturated carbocycles. The number of aryl methyl sites for hydroxylation is 1. The Hall–Kier alpha value is -3.54. The Balaban J connectivity index is 1.43. The summed E-state index contributed by atoms with van der Waals surface area (Å²) >= 11 is 0. The Morgan fingerprint density at radius 1 is 0.941 bits per heavy atom. The van der Waals surface area contributed by atoms with Crippen molar-refractivity contribution < 1.29 is 18.7 Å². The molecule has 1 aliphatic carbocycles. The number of carbonyl (C=O) groups excluding carboxylic acids is 2. The molecule has 34 heavy (non-hydrogen) atoms. The van der Waals surface area contributed by atoms with Gasteiger partial charge in [-0.2, -0.15) is 0 Å². The Bertz CT molecular complexity index is 1090. The Labute approximate surface area is 201 Å². The third kappa shape index (κ3) is 6.50. The summed E-state index contributed by atoms with van der Waals surface area (Å²) in [6, 6.07) is 21.6. The van der Waals surface area contributed by atoms with E-state index in [0.29, 0.717) is 13.1 Å². The van der Waals surface area contributed by atoms with Crippen LogP contribution in [0.25, 0.3) is 0 Å². The summed E-state index contributed by atoms with van der Waals surface area (Å²) in [5.74, 6) is 2.26. The van der Waals surface area contributed by atoms with Gasteiger partial charge in [-0.3, -0.25) is 9.59 Å². The van der Waals surface area contributed by atoms with Gasteiger partial charge in [0.05, 0.1) is 20.1 Å². The molecule has 1 heterocycles. The van der Waals surface area contributed by atoms with Crippen LogP contribution in [-0.4, -0.2) is 47.9 Å². The van der Waals surface area contributed by atoms with E-state index >= 15 is 0 Å². The molecule has 0 saturated heterocycles. The minimum absolute atomic E-state index is 0.0159. The Morgan fingerprint density at radius 3 is 2.29 bits per heavy atom. The monoisotopic (exact) mass is 460 g/mol. The molecule has 2 amide bonds. The largest absolute Gasteiger partial charge is 0.497 e. The second kappa shape index (κ2) is 11.1. The zero-order valence-electron chi connectivity index (χ0n) is 19.9. The average molecular weight is 461 g/mol. The number of hydrogen-bond donors (Lipinski definition) is 0. The molecule has 4 rings (SSSR count). The summed E-state index contributed by atoms with van der Waals surface area (Å²) in [5, 5.41) is 0. The van der Waals surface area contributed by atoms with Gasteiger partial charge >= 0.3 is 0 Å². The molecule has 0 bridgehead atoms. The minimum Gasteiger partial charge on any atom is -0.497 e. The fourth-order valence-corrected chi connectivity index (χ4v) is 4.03. The highest BCUT2D eigenvalue weighted by Crippen LogP contribution is 2.28. The lowest BCUT2D eigenvalue weighted by molar-refractivity contribution is -0.141. The molecule has 2 aromatic carbocycles. The van der Waals surface area contributed by atoms with Crippen molar-refractivity contribution >= 4 is 11.8 Å². The van der Waals surface area contributed by atoms with Crippen LogP contribution in [0.3, 0.4) is 0 Å². The quantitative estimate of drug-likeness (QED) is 0.425. The van der Waals surface area contributed by atoms with Crippen molar-refractivity contribution in [3.8, 4) is 5.75 Å². The third-order valence-electron chi connectivity index (χ3n) is 6.14. The number of methoxy groups -OCH3 is 1. The number of carbonyl (C=O) groups is 2. The molecule has 0 radical (unpaired) electrons. The second-order valence-electron chi connectivity index (χ2n) is 8.84. The number of furan rings is 1. The average Bonchev–Trinajstić information content (AvgIpc) is 3.61. The maximum atomic E-state index is 13.4. The molecule has 0 spiro atoms. The predicted octanol–water partition coefficient (Wildman–Crippen LogP) is 4.40. The minimum atomic E-state index is -0.0556. The third-order valence-corrected chi connectivity index (χ3v) is 6.14. The van der Waals surface area contributed by atoms with Crippen LogP contribution in [0.1, 0.15) is 35.5 Å². The summed E-state index contributed by atoms with van der Waals surface area (Å²) in [7, 11) is 1.62. The maximum Gasteiger partial charge on any atom is 0.242 e. The van der Waals surface area contributed by atoms with Crippen molar-refractivity contribution in [2.24, 2.45) is 0 Å². The van der Waals surface area contributed by atoms with E-state index < -0.39 is 0 Å². The van der Waals surface area contributed by atoms with E-state index in [1.54, 1.807) is 16.9 Å². The summed E-state index contributed by atoms with van der Waals surface area (Å²) in [6.45, 7) is 2.94. The molecule has 1 fully saturated rings. The van der Waals surface area contributed by atoms with Crippen molar-refractivity contribution in [1.82, 2.24) is 9.80 Å². The number of ether oxygens (including phenoxy) is 1. The van der Waals surface area contributed by atoms with E-state index in [0.717, 1.165) is 42.1 Å². The van der Waals surface area contributed by atoms with Gasteiger partial charge in [0.15, 0.2) is 0 Å². The fraction of sp³-hybridized carbons (Fsp3) is 0.357. The van der Waals surface area contributed by atoms with Gasteiger partial charge in [0.1, 0.15) is 23.8 Å². The molecular weight excluding hydrogens is 428 g/mol. The first-order valence-corrected chi connectivity index (χ1v) is 11.8. The Morgan fingerprint density at radius 2 is 1.68 bits per heavy atom. The lowest BCUT2D eigenvalue weighted by Gasteiger charge is -2.27. The van der Waals surface area contributed by atoms with Crippen LogP contribution >= 0.6 is 0 Å². The number of amides is 2. The van der Waals surface area contributed by atoms with Crippen molar-refractivity contribution in [2.45, 2.75) is 45.2 Å². The topological polar surface area (TPSA) is 63.0 Å². The lowest BCUT2D eigenvalue weighted by atomic mass is 10.1. The second-order valence-corrected chi connectivity index (χ2v) is 8.84. The van der Waals surface area contributed by atoms with Gasteiger partial charge in [-0.1, -0.05) is 42.5 Å². The first-order valence-electron chi connectivity index (χ1n) is 11.8. The van der Waals surface area contributed by atoms with E-state index in [4.69, 9.17) is 9.15 Å². The van der Waals surface area contributed by atoms with Gasteiger partial charge in [-0.25, -0.2) is 0 Å². The van der Waals surface area contributed by atoms with Crippen molar-refractivity contribution in [3.63, 3.8) is 0 Å². The number of benzene rings is 2. The van der Waals surface area contributed by atoms with E-state index in [2.05, 4.69) is 12.1 Å². The first kappa shape index (κ1) is 23.6. The summed E-state index contributed by atoms with van der Waals surface area (Å²) < 4.78 is 10.9. The van der Waals surface area contributed by atoms with Crippen LogP contribution in [0.5, 0.6) is 5.75 Å². The SMILES string of the molecule is COc1ccc(CC(=O)N(CC(=O)N(CCc2ccccc2)Cc2ccc(C)o2)C2CC2)cc1. The highest BCUT2D eigenvalue weighted by Gasteiger charge is 2.34. The molecule has 6 heteroatoms. The Kier molecular flexibility index (Phi) is 7.68. The molecule has 0 atom stereocenters. The molecule has 1 aliphatic rings. The smallest absolute Gasteiger partial charge is 0.242 e. The zero-order chi connectivity index (χ0) is 23.9. The molecule has 1 aromatic heterocycles. The van der Waals surface area contributed by atoms with Crippen molar-refractivity contribution in [3.05, 3.63) is 89.4 Å². The van der Waals surface area contributed by atoms with Crippen LogP contribution in [0.15, 0.2) is 71.1 Å². The van der Waals surface area contributed by atoms with Gasteiger partial charge in [0.25, 0.3) is 0 Å². The summed E-state index contributed by atoms with van der Waals surface area (Å²) in [4.78, 5) is 30.2. The number of rotatable bonds is 11. The van der Waals surface area contributed by atoms with Crippen LogP contribution in [0.4, 0.5) is 0 Å². The molecule has 0 unspecified atom stereocenters. The van der Waals surface area contributed by atoms with Gasteiger partial charge in [-0.05, 0) is 61.6 Å². The van der Waals surface area contributed by atoms with Crippen LogP contribution in [0.2, 0.25) is 0 Å². The normalized spacial score (nSPS) is 12.9. The lowest BCUT2D eigenvalue weighted by Crippen LogP contribution is -2.44. The maximum absolute atomic E-state index is 13.4. The van der Waals surface area contributed by atoms with E-state index in [1.165, 1.54) is 5.56 Å². The molecule has 0 aliphatic heterocycles. The number of nitrogens with zero attached hydrogens (tertiary/aromatic N) is 2. The first-order chi connectivity index (χ1) is 16.5. The molecule has 0 N–H and O–H groups in total. The van der Waals surface area contributed by atoms with Crippen molar-refractivity contribution in [1.29, 1.82) is 0 Å². The van der Waals surface area contributed by atoms with Gasteiger partial charge in [0, 0.05) is 12.6 Å². The number of hydrogen-bond acceptors (Lipinski definition) is 4. The van der Waals surface area contributed by atoms with E-state index in [1.807, 2.05) is 61.5 Å². The molecule has 3 aromatic rings. The highest BCUT2D eigenvalue weighted by atomic mass is 16.5. The standard InChI is InChI=1S/C28H32N2O4/c1-21-8-13-26(34-21)19-29(17-16-22-6-4-3-5-7-22)28(32)20-30(24-11-12-24)27(31)18-23-9-14-25(33-2)15-10-23/h3-10,13-15,24H,11-12,16-20H2,1-2H3. The molecular formula is C28H32N2O4. The van der Waals surface area contributed by atoms with Crippen LogP contribution in [0, 0.1) is 6.92 Å².